The molecule has 1 N–H and O–H groups in total. The smallest absolute Gasteiger partial charge is 0.314 e. The SMILES string of the molecule is C=C(/C=C\C(=C/C)OC)[C@@]12Oc3cc(OC)cc(OC)c3[C@@]13N1CCCCC1=N[C@@]3(O)[C@H](C(=O)OC)[C@H]2c1ccccc1. The summed E-state index contributed by atoms with van der Waals surface area (Å²) in [6, 6.07) is 13.2. The molecule has 2 fully saturated rings. The molecule has 1 saturated heterocycles. The third-order valence-corrected chi connectivity index (χ3v) is 9.51. The van der Waals surface area contributed by atoms with Gasteiger partial charge in [-0.3, -0.25) is 4.79 Å². The van der Waals surface area contributed by atoms with E-state index in [1.54, 1.807) is 33.5 Å². The molecule has 3 aliphatic heterocycles. The largest absolute Gasteiger partial charge is 0.497 e. The maximum Gasteiger partial charge on any atom is 0.314 e. The molecule has 1 saturated carbocycles. The van der Waals surface area contributed by atoms with Gasteiger partial charge in [0.1, 0.15) is 34.8 Å². The Labute approximate surface area is 252 Å². The van der Waals surface area contributed by atoms with Gasteiger partial charge in [-0.25, -0.2) is 4.99 Å². The monoisotopic (exact) mass is 586 g/mol. The number of piperidine rings is 1. The van der Waals surface area contributed by atoms with Crippen LogP contribution >= 0.6 is 0 Å². The summed E-state index contributed by atoms with van der Waals surface area (Å²) in [4.78, 5) is 21.2. The van der Waals surface area contributed by atoms with E-state index < -0.39 is 34.7 Å². The molecule has 43 heavy (non-hydrogen) atoms. The minimum absolute atomic E-state index is 0.455. The van der Waals surface area contributed by atoms with Crippen molar-refractivity contribution in [3.63, 3.8) is 0 Å². The normalized spacial score (nSPS) is 30.5. The van der Waals surface area contributed by atoms with Crippen molar-refractivity contribution in [3.8, 4) is 17.2 Å². The number of hydrogen-bond acceptors (Lipinski definition) is 9. The summed E-state index contributed by atoms with van der Waals surface area (Å²) < 4.78 is 29.8. The third kappa shape index (κ3) is 3.60. The Kier molecular flexibility index (Phi) is 7.04. The lowest BCUT2D eigenvalue weighted by Crippen LogP contribution is -2.66. The molecular formula is C34H38N2O7. The fraction of sp³-hybridized carbons (Fsp3) is 0.412. The fourth-order valence-electron chi connectivity index (χ4n) is 7.93. The Morgan fingerprint density at radius 1 is 1.09 bits per heavy atom. The van der Waals surface area contributed by atoms with Crippen LogP contribution in [0.25, 0.3) is 0 Å². The van der Waals surface area contributed by atoms with Gasteiger partial charge in [0.25, 0.3) is 0 Å². The van der Waals surface area contributed by atoms with E-state index in [4.69, 9.17) is 28.7 Å². The van der Waals surface area contributed by atoms with E-state index in [0.717, 1.165) is 24.2 Å². The standard InChI is InChI=1S/C34H38N2O7/c1-7-23(39-3)17-16-21(2)32-28(22-13-9-8-10-14-22)30(31(37)42-6)34(38)33(32,36-18-12-11-15-27(36)35-34)29-25(41-5)19-24(40-4)20-26(29)43-32/h7-10,13-14,16-17,19-20,28,30,38H,2,11-12,15,18H2,1,3-6H3/b17-16-,23-7+/t28-,30+,32+,33-,34-/m1/s1. The third-order valence-electron chi connectivity index (χ3n) is 9.51. The Morgan fingerprint density at radius 2 is 1.86 bits per heavy atom. The highest BCUT2D eigenvalue weighted by molar-refractivity contribution is 5.92. The second-order valence-electron chi connectivity index (χ2n) is 11.3. The number of ether oxygens (including phenoxy) is 5. The fourth-order valence-corrected chi connectivity index (χ4v) is 7.93. The summed E-state index contributed by atoms with van der Waals surface area (Å²) in [5.74, 6) is 0.287. The van der Waals surface area contributed by atoms with Crippen molar-refractivity contribution >= 4 is 11.8 Å². The lowest BCUT2D eigenvalue weighted by Gasteiger charge is -2.50. The molecule has 226 valence electrons. The molecule has 0 unspecified atom stereocenters. The molecule has 6 rings (SSSR count). The summed E-state index contributed by atoms with van der Waals surface area (Å²) in [6.07, 6.45) is 7.92. The summed E-state index contributed by atoms with van der Waals surface area (Å²) in [7, 11) is 6.08. The number of carbonyl (C=O) groups is 1. The maximum atomic E-state index is 14.0. The van der Waals surface area contributed by atoms with Crippen LogP contribution in [0.15, 0.2) is 83.6 Å². The molecule has 0 bridgehead atoms. The summed E-state index contributed by atoms with van der Waals surface area (Å²) in [5, 5.41) is 13.3. The number of hydrogen-bond donors (Lipinski definition) is 1. The molecule has 0 radical (unpaired) electrons. The van der Waals surface area contributed by atoms with E-state index in [0.29, 0.717) is 47.1 Å². The number of fused-ring (bicyclic) bond motifs is 2. The molecule has 3 heterocycles. The van der Waals surface area contributed by atoms with Crippen LogP contribution in [0, 0.1) is 5.92 Å². The van der Waals surface area contributed by atoms with Crippen LogP contribution in [0.1, 0.15) is 43.2 Å². The quantitative estimate of drug-likeness (QED) is 0.266. The predicted octanol–water partition coefficient (Wildman–Crippen LogP) is 4.87. The van der Waals surface area contributed by atoms with Crippen molar-refractivity contribution in [2.45, 2.75) is 49.0 Å². The first-order valence-electron chi connectivity index (χ1n) is 14.5. The van der Waals surface area contributed by atoms with Crippen molar-refractivity contribution in [2.24, 2.45) is 10.9 Å². The maximum absolute atomic E-state index is 14.0. The number of amidine groups is 1. The number of carbonyl (C=O) groups excluding carboxylic acids is 1. The summed E-state index contributed by atoms with van der Waals surface area (Å²) >= 11 is 0. The number of nitrogens with zero attached hydrogens (tertiary/aromatic N) is 2. The lowest BCUT2D eigenvalue weighted by molar-refractivity contribution is -0.160. The van der Waals surface area contributed by atoms with Gasteiger partial charge in [-0.05, 0) is 43.1 Å². The first kappa shape index (κ1) is 28.9. The minimum Gasteiger partial charge on any atom is -0.497 e. The van der Waals surface area contributed by atoms with Gasteiger partial charge in [-0.1, -0.05) is 43.0 Å². The van der Waals surface area contributed by atoms with Crippen LogP contribution in [-0.2, 0) is 19.8 Å². The number of aliphatic imine (C=N–C) groups is 1. The Balaban J connectivity index is 1.78. The van der Waals surface area contributed by atoms with Crippen LogP contribution in [-0.4, -0.2) is 68.1 Å². The van der Waals surface area contributed by atoms with Gasteiger partial charge in [-0.2, -0.15) is 0 Å². The summed E-state index contributed by atoms with van der Waals surface area (Å²) in [5.41, 5.74) is -2.99. The van der Waals surface area contributed by atoms with Crippen LogP contribution in [0.5, 0.6) is 17.2 Å². The zero-order chi connectivity index (χ0) is 30.6. The molecule has 1 aliphatic carbocycles. The first-order chi connectivity index (χ1) is 20.8. The average Bonchev–Trinajstić information content (AvgIpc) is 3.56. The minimum atomic E-state index is -2.01. The van der Waals surface area contributed by atoms with Crippen molar-refractivity contribution in [2.75, 3.05) is 35.0 Å². The number of benzene rings is 2. The zero-order valence-corrected chi connectivity index (χ0v) is 25.3. The average molecular weight is 587 g/mol. The predicted molar refractivity (Wildman–Crippen MR) is 161 cm³/mol. The molecule has 1 spiro atoms. The van der Waals surface area contributed by atoms with E-state index >= 15 is 0 Å². The highest BCUT2D eigenvalue weighted by Crippen LogP contribution is 2.76. The van der Waals surface area contributed by atoms with Gasteiger partial charge in [0.15, 0.2) is 11.1 Å². The van der Waals surface area contributed by atoms with Crippen LogP contribution in [0.4, 0.5) is 0 Å². The Bertz CT molecular complexity index is 1550. The van der Waals surface area contributed by atoms with Crippen LogP contribution in [0.3, 0.4) is 0 Å². The van der Waals surface area contributed by atoms with E-state index in [1.165, 1.54) is 7.11 Å². The van der Waals surface area contributed by atoms with Gasteiger partial charge in [-0.15, -0.1) is 0 Å². The molecular weight excluding hydrogens is 548 g/mol. The molecule has 0 amide bonds. The van der Waals surface area contributed by atoms with E-state index in [9.17, 15) is 9.90 Å². The van der Waals surface area contributed by atoms with E-state index in [1.807, 2.05) is 55.5 Å². The van der Waals surface area contributed by atoms with Gasteiger partial charge < -0.3 is 33.7 Å². The molecule has 2 aromatic carbocycles. The Hall–Kier alpha value is -4.24. The molecule has 9 nitrogen and oxygen atoms in total. The highest BCUT2D eigenvalue weighted by atomic mass is 16.5. The second kappa shape index (κ2) is 10.5. The first-order valence-corrected chi connectivity index (χ1v) is 14.5. The molecule has 2 aromatic rings. The number of rotatable bonds is 8. The summed E-state index contributed by atoms with van der Waals surface area (Å²) in [6.45, 7) is 7.07. The number of allylic oxidation sites excluding steroid dienone is 2. The van der Waals surface area contributed by atoms with Crippen LogP contribution < -0.4 is 14.2 Å². The van der Waals surface area contributed by atoms with Gasteiger partial charge in [0, 0.05) is 31.0 Å². The molecule has 9 heteroatoms. The number of esters is 1. The van der Waals surface area contributed by atoms with Crippen molar-refractivity contribution in [3.05, 3.63) is 89.7 Å². The van der Waals surface area contributed by atoms with Gasteiger partial charge >= 0.3 is 5.97 Å². The van der Waals surface area contributed by atoms with Gasteiger partial charge in [0.2, 0.25) is 5.72 Å². The zero-order valence-electron chi connectivity index (χ0n) is 25.3. The van der Waals surface area contributed by atoms with Crippen molar-refractivity contribution in [1.29, 1.82) is 0 Å². The van der Waals surface area contributed by atoms with Gasteiger partial charge in [0.05, 0.1) is 34.0 Å². The second-order valence-corrected chi connectivity index (χ2v) is 11.3. The molecule has 5 atom stereocenters. The highest BCUT2D eigenvalue weighted by Gasteiger charge is 2.88. The molecule has 0 aromatic heterocycles. The van der Waals surface area contributed by atoms with E-state index in [-0.39, 0.29) is 0 Å². The van der Waals surface area contributed by atoms with Crippen molar-refractivity contribution < 1.29 is 33.6 Å². The molecule has 4 aliphatic rings. The Morgan fingerprint density at radius 3 is 2.51 bits per heavy atom. The number of aliphatic hydroxyl groups is 1. The lowest BCUT2D eigenvalue weighted by atomic mass is 9.66. The number of methoxy groups -OCH3 is 4. The van der Waals surface area contributed by atoms with Crippen LogP contribution in [0.2, 0.25) is 0 Å². The van der Waals surface area contributed by atoms with Crippen molar-refractivity contribution in [1.82, 2.24) is 4.90 Å². The van der Waals surface area contributed by atoms with E-state index in [2.05, 4.69) is 11.5 Å². The topological polar surface area (TPSA) is 99.0 Å².